The summed E-state index contributed by atoms with van der Waals surface area (Å²) in [7, 11) is 0. The van der Waals surface area contributed by atoms with Crippen molar-refractivity contribution in [3.8, 4) is 0 Å². The number of benzene rings is 1. The van der Waals surface area contributed by atoms with Crippen molar-refractivity contribution in [3.63, 3.8) is 0 Å². The summed E-state index contributed by atoms with van der Waals surface area (Å²) in [4.78, 5) is 8.58. The third kappa shape index (κ3) is 4.90. The van der Waals surface area contributed by atoms with E-state index in [1.165, 1.54) is 29.3 Å². The van der Waals surface area contributed by atoms with Crippen molar-refractivity contribution in [2.45, 2.75) is 45.4 Å². The third-order valence-corrected chi connectivity index (χ3v) is 3.53. The number of amides is 1. The topological polar surface area (TPSA) is 43.1 Å². The van der Waals surface area contributed by atoms with Crippen LogP contribution in [0.2, 0.25) is 0 Å². The molecule has 1 aromatic rings. The zero-order valence-electron chi connectivity index (χ0n) is 10.9. The van der Waals surface area contributed by atoms with E-state index in [1.54, 1.807) is 0 Å². The van der Waals surface area contributed by atoms with Crippen molar-refractivity contribution in [1.29, 1.82) is 0 Å². The number of hydrogen-bond donors (Lipinski definition) is 1. The van der Waals surface area contributed by atoms with Crippen LogP contribution in [0.25, 0.3) is 0 Å². The number of rotatable bonds is 1. The largest absolute Gasteiger partial charge is 0.372 e. The summed E-state index contributed by atoms with van der Waals surface area (Å²) >= 11 is 3.45. The van der Waals surface area contributed by atoms with E-state index < -0.39 is 0 Å². The molecule has 0 aromatic heterocycles. The Bertz CT molecular complexity index is 317. The maximum Gasteiger partial charge on any atom is 0.204 e. The zero-order chi connectivity index (χ0) is 13.3. The Balaban J connectivity index is 0.000000450. The van der Waals surface area contributed by atoms with Crippen molar-refractivity contribution in [1.82, 2.24) is 0 Å². The molecular formula is C14H22BrNO. The highest BCUT2D eigenvalue weighted by Gasteiger charge is 2.33. The monoisotopic (exact) mass is 299 g/mol. The molecule has 2 N–H and O–H groups in total. The van der Waals surface area contributed by atoms with Crippen LogP contribution >= 0.6 is 15.9 Å². The zero-order valence-corrected chi connectivity index (χ0v) is 12.5. The van der Waals surface area contributed by atoms with Gasteiger partial charge in [-0.1, -0.05) is 55.3 Å². The molecule has 0 radical (unpaired) electrons. The van der Waals surface area contributed by atoms with E-state index in [2.05, 4.69) is 52.9 Å². The van der Waals surface area contributed by atoms with Crippen LogP contribution in [0, 0.1) is 0 Å². The minimum atomic E-state index is 0.250. The van der Waals surface area contributed by atoms with Crippen LogP contribution in [0.4, 0.5) is 0 Å². The van der Waals surface area contributed by atoms with Gasteiger partial charge in [-0.15, -0.1) is 0 Å². The van der Waals surface area contributed by atoms with Gasteiger partial charge in [0.15, 0.2) is 0 Å². The number of nitrogens with two attached hydrogens (primary N) is 1. The lowest BCUT2D eigenvalue weighted by atomic mass is 9.66. The van der Waals surface area contributed by atoms with Crippen molar-refractivity contribution in [3.05, 3.63) is 34.3 Å². The van der Waals surface area contributed by atoms with Crippen LogP contribution in [-0.4, -0.2) is 6.41 Å². The van der Waals surface area contributed by atoms with Crippen LogP contribution in [-0.2, 0) is 10.2 Å². The summed E-state index contributed by atoms with van der Waals surface area (Å²) in [5.41, 5.74) is 6.15. The smallest absolute Gasteiger partial charge is 0.204 e. The Kier molecular flexibility index (Phi) is 7.88. The molecule has 0 atom stereocenters. The summed E-state index contributed by atoms with van der Waals surface area (Å²) in [5, 5.41) is 0. The molecule has 0 bridgehead atoms. The van der Waals surface area contributed by atoms with Crippen LogP contribution in [0.15, 0.2) is 28.7 Å². The molecule has 1 amide bonds. The highest BCUT2D eigenvalue weighted by atomic mass is 79.9. The summed E-state index contributed by atoms with van der Waals surface area (Å²) in [6.07, 6.45) is 4.36. The van der Waals surface area contributed by atoms with Crippen molar-refractivity contribution < 1.29 is 4.79 Å². The molecule has 1 aromatic carbocycles. The van der Waals surface area contributed by atoms with Crippen molar-refractivity contribution >= 4 is 22.3 Å². The van der Waals surface area contributed by atoms with Gasteiger partial charge in [-0.25, -0.2) is 0 Å². The molecule has 1 saturated carbocycles. The van der Waals surface area contributed by atoms with E-state index in [0.29, 0.717) is 5.41 Å². The maximum atomic E-state index is 8.58. The van der Waals surface area contributed by atoms with E-state index in [4.69, 9.17) is 4.79 Å². The molecule has 0 aliphatic heterocycles. The van der Waals surface area contributed by atoms with Crippen LogP contribution in [0.5, 0.6) is 0 Å². The Labute approximate surface area is 113 Å². The van der Waals surface area contributed by atoms with Gasteiger partial charge in [0.25, 0.3) is 0 Å². The van der Waals surface area contributed by atoms with Gasteiger partial charge < -0.3 is 5.73 Å². The highest BCUT2D eigenvalue weighted by molar-refractivity contribution is 9.10. The molecule has 2 rings (SSSR count). The van der Waals surface area contributed by atoms with Gasteiger partial charge >= 0.3 is 0 Å². The summed E-state index contributed by atoms with van der Waals surface area (Å²) in [6, 6.07) is 8.75. The Morgan fingerprint density at radius 2 is 1.65 bits per heavy atom. The van der Waals surface area contributed by atoms with Crippen LogP contribution < -0.4 is 5.73 Å². The normalized spacial score (nSPS) is 15.3. The predicted octanol–water partition coefficient (Wildman–Crippen LogP) is 4.02. The molecule has 0 spiro atoms. The molecule has 1 fully saturated rings. The molecule has 17 heavy (non-hydrogen) atoms. The quantitative estimate of drug-likeness (QED) is 0.782. The molecule has 0 heterocycles. The molecular weight excluding hydrogens is 278 g/mol. The van der Waals surface area contributed by atoms with E-state index in [-0.39, 0.29) is 6.41 Å². The fourth-order valence-electron chi connectivity index (χ4n) is 1.85. The first-order valence-corrected chi connectivity index (χ1v) is 6.83. The first kappa shape index (κ1) is 16.2. The van der Waals surface area contributed by atoms with Gasteiger partial charge in [0, 0.05) is 4.47 Å². The van der Waals surface area contributed by atoms with E-state index in [0.717, 1.165) is 0 Å². The summed E-state index contributed by atoms with van der Waals surface area (Å²) in [5.74, 6) is 0. The Morgan fingerprint density at radius 1 is 1.24 bits per heavy atom. The number of halogens is 1. The highest BCUT2D eigenvalue weighted by Crippen LogP contribution is 2.43. The van der Waals surface area contributed by atoms with Gasteiger partial charge in [0.2, 0.25) is 6.41 Å². The van der Waals surface area contributed by atoms with Gasteiger partial charge in [-0.3, -0.25) is 4.79 Å². The molecule has 0 saturated heterocycles. The Hall–Kier alpha value is -0.830. The molecule has 1 aliphatic rings. The average molecular weight is 300 g/mol. The first-order valence-electron chi connectivity index (χ1n) is 6.04. The van der Waals surface area contributed by atoms with Gasteiger partial charge in [0.1, 0.15) is 0 Å². The number of carbonyl (C=O) groups excluding carboxylic acids is 1. The maximum absolute atomic E-state index is 8.58. The molecule has 3 heteroatoms. The van der Waals surface area contributed by atoms with Crippen LogP contribution in [0.1, 0.15) is 45.6 Å². The SMILES string of the molecule is CC.CC1(c2ccc(Br)cc2)CCC1.NC=O. The van der Waals surface area contributed by atoms with Gasteiger partial charge in [-0.05, 0) is 36.0 Å². The van der Waals surface area contributed by atoms with E-state index in [1.807, 2.05) is 13.8 Å². The number of primary amides is 1. The fourth-order valence-corrected chi connectivity index (χ4v) is 2.11. The van der Waals surface area contributed by atoms with Crippen LogP contribution in [0.3, 0.4) is 0 Å². The predicted molar refractivity (Wildman–Crippen MR) is 76.9 cm³/mol. The molecule has 1 aliphatic carbocycles. The summed E-state index contributed by atoms with van der Waals surface area (Å²) in [6.45, 7) is 6.36. The lowest BCUT2D eigenvalue weighted by Gasteiger charge is -2.39. The standard InChI is InChI=1S/C11H13Br.C2H6.CH3NO/c1-11(7-2-8-11)9-3-5-10(12)6-4-9;1-2;2-1-3/h3-6H,2,7-8H2,1H3;1-2H3;1H,(H2,2,3). The second-order valence-electron chi connectivity index (χ2n) is 4.06. The Morgan fingerprint density at radius 3 is 1.94 bits per heavy atom. The fraction of sp³-hybridized carbons (Fsp3) is 0.500. The summed E-state index contributed by atoms with van der Waals surface area (Å²) < 4.78 is 1.18. The minimum Gasteiger partial charge on any atom is -0.372 e. The first-order chi connectivity index (χ1) is 8.12. The lowest BCUT2D eigenvalue weighted by Crippen LogP contribution is -2.30. The second kappa shape index (κ2) is 8.29. The van der Waals surface area contributed by atoms with Crippen molar-refractivity contribution in [2.75, 3.05) is 0 Å². The number of hydrogen-bond acceptors (Lipinski definition) is 1. The number of carbonyl (C=O) groups is 1. The van der Waals surface area contributed by atoms with Gasteiger partial charge in [0.05, 0.1) is 0 Å². The lowest BCUT2D eigenvalue weighted by molar-refractivity contribution is -0.106. The van der Waals surface area contributed by atoms with Crippen molar-refractivity contribution in [2.24, 2.45) is 5.73 Å². The second-order valence-corrected chi connectivity index (χ2v) is 4.97. The third-order valence-electron chi connectivity index (χ3n) is 3.00. The van der Waals surface area contributed by atoms with E-state index in [9.17, 15) is 0 Å². The molecule has 0 unspecified atom stereocenters. The average Bonchev–Trinajstić information content (AvgIpc) is 2.31. The van der Waals surface area contributed by atoms with E-state index >= 15 is 0 Å². The molecule has 2 nitrogen and oxygen atoms in total. The van der Waals surface area contributed by atoms with Gasteiger partial charge in [-0.2, -0.15) is 0 Å². The molecule has 96 valence electrons. The minimum absolute atomic E-state index is 0.250.